The van der Waals surface area contributed by atoms with Crippen LogP contribution in [0.4, 0.5) is 0 Å². The standard InChI is InChI=1S/C19H24N2O9/c22-14-2-3-15(23)13(14)1-4-16(24)20-8-10-29-12-11-28-9-7-19(27)30-21-17(25)5-6-18(21)26/h2-3,13H,1,4-12H2,(H,20,24). The molecule has 0 aromatic rings. The summed E-state index contributed by atoms with van der Waals surface area (Å²) < 4.78 is 10.5. The highest BCUT2D eigenvalue weighted by molar-refractivity contribution is 6.18. The predicted molar refractivity (Wildman–Crippen MR) is 98.3 cm³/mol. The van der Waals surface area contributed by atoms with Crippen molar-refractivity contribution in [2.75, 3.05) is 33.0 Å². The molecule has 11 heteroatoms. The summed E-state index contributed by atoms with van der Waals surface area (Å²) in [5, 5.41) is 3.11. The van der Waals surface area contributed by atoms with Crippen LogP contribution >= 0.6 is 0 Å². The lowest BCUT2D eigenvalue weighted by Crippen LogP contribution is -2.32. The van der Waals surface area contributed by atoms with Crippen molar-refractivity contribution in [1.29, 1.82) is 0 Å². The summed E-state index contributed by atoms with van der Waals surface area (Å²) in [4.78, 5) is 73.4. The second-order valence-electron chi connectivity index (χ2n) is 6.60. The van der Waals surface area contributed by atoms with E-state index in [0.717, 1.165) is 0 Å². The van der Waals surface area contributed by atoms with E-state index >= 15 is 0 Å². The van der Waals surface area contributed by atoms with Crippen LogP contribution in [0.25, 0.3) is 0 Å². The molecule has 1 fully saturated rings. The molecule has 30 heavy (non-hydrogen) atoms. The molecule has 1 N–H and O–H groups in total. The summed E-state index contributed by atoms with van der Waals surface area (Å²) in [6, 6.07) is 0. The Labute approximate surface area is 172 Å². The molecule has 1 aliphatic carbocycles. The van der Waals surface area contributed by atoms with Crippen LogP contribution in [0.2, 0.25) is 0 Å². The quantitative estimate of drug-likeness (QED) is 0.229. The number of ether oxygens (including phenoxy) is 2. The molecule has 1 heterocycles. The Morgan fingerprint density at radius 1 is 0.900 bits per heavy atom. The fraction of sp³-hybridized carbons (Fsp3) is 0.579. The zero-order chi connectivity index (χ0) is 21.9. The van der Waals surface area contributed by atoms with Crippen LogP contribution in [0.5, 0.6) is 0 Å². The van der Waals surface area contributed by atoms with Crippen LogP contribution in [0.3, 0.4) is 0 Å². The number of carbonyl (C=O) groups excluding carboxylic acids is 6. The van der Waals surface area contributed by atoms with Gasteiger partial charge in [0, 0.05) is 25.8 Å². The smallest absolute Gasteiger partial charge is 0.335 e. The van der Waals surface area contributed by atoms with Crippen molar-refractivity contribution in [1.82, 2.24) is 10.4 Å². The molecule has 2 rings (SSSR count). The average Bonchev–Trinajstić information content (AvgIpc) is 3.20. The molecule has 3 amide bonds. The number of amides is 3. The number of hydrogen-bond donors (Lipinski definition) is 1. The Morgan fingerprint density at radius 2 is 1.50 bits per heavy atom. The van der Waals surface area contributed by atoms with Gasteiger partial charge in [0.25, 0.3) is 11.8 Å². The lowest BCUT2D eigenvalue weighted by Gasteiger charge is -2.12. The normalized spacial score (nSPS) is 16.6. The summed E-state index contributed by atoms with van der Waals surface area (Å²) >= 11 is 0. The van der Waals surface area contributed by atoms with Gasteiger partial charge >= 0.3 is 5.97 Å². The van der Waals surface area contributed by atoms with Crippen LogP contribution in [0.1, 0.15) is 32.1 Å². The highest BCUT2D eigenvalue weighted by Gasteiger charge is 2.32. The maximum Gasteiger partial charge on any atom is 0.335 e. The molecule has 0 aromatic heterocycles. The van der Waals surface area contributed by atoms with Crippen LogP contribution in [0.15, 0.2) is 12.2 Å². The van der Waals surface area contributed by atoms with Gasteiger partial charge in [-0.3, -0.25) is 24.0 Å². The minimum absolute atomic E-state index is 0.0394. The Balaban J connectivity index is 1.40. The van der Waals surface area contributed by atoms with Crippen LogP contribution in [-0.4, -0.2) is 73.3 Å². The molecule has 0 spiro atoms. The van der Waals surface area contributed by atoms with Gasteiger partial charge in [0.2, 0.25) is 5.91 Å². The van der Waals surface area contributed by atoms with E-state index in [1.807, 2.05) is 0 Å². The van der Waals surface area contributed by atoms with Gasteiger partial charge in [-0.25, -0.2) is 4.79 Å². The van der Waals surface area contributed by atoms with Gasteiger partial charge in [0.05, 0.1) is 38.8 Å². The van der Waals surface area contributed by atoms with Crippen molar-refractivity contribution < 1.29 is 43.1 Å². The first kappa shape index (κ1) is 23.4. The molecule has 164 valence electrons. The highest BCUT2D eigenvalue weighted by Crippen LogP contribution is 2.16. The minimum Gasteiger partial charge on any atom is -0.378 e. The van der Waals surface area contributed by atoms with Gasteiger partial charge < -0.3 is 19.6 Å². The number of carbonyl (C=O) groups is 6. The topological polar surface area (TPSA) is 145 Å². The number of rotatable bonds is 13. The zero-order valence-corrected chi connectivity index (χ0v) is 16.4. The van der Waals surface area contributed by atoms with Gasteiger partial charge in [0.15, 0.2) is 11.6 Å². The molecular weight excluding hydrogens is 400 g/mol. The van der Waals surface area contributed by atoms with Crippen LogP contribution in [-0.2, 0) is 43.1 Å². The molecule has 0 aromatic carbocycles. The first-order valence-corrected chi connectivity index (χ1v) is 9.63. The number of imide groups is 1. The number of ketones is 2. The Morgan fingerprint density at radius 3 is 2.13 bits per heavy atom. The van der Waals surface area contributed by atoms with Crippen molar-refractivity contribution in [3.8, 4) is 0 Å². The molecular formula is C19H24N2O9. The molecule has 1 aliphatic heterocycles. The maximum absolute atomic E-state index is 11.7. The lowest BCUT2D eigenvalue weighted by molar-refractivity contribution is -0.198. The monoisotopic (exact) mass is 424 g/mol. The second kappa shape index (κ2) is 11.9. The summed E-state index contributed by atoms with van der Waals surface area (Å²) in [5.74, 6) is -3.34. The van der Waals surface area contributed by atoms with Gasteiger partial charge in [-0.2, -0.15) is 0 Å². The van der Waals surface area contributed by atoms with Crippen molar-refractivity contribution in [3.63, 3.8) is 0 Å². The van der Waals surface area contributed by atoms with E-state index in [2.05, 4.69) is 10.2 Å². The number of hydroxylamine groups is 2. The fourth-order valence-corrected chi connectivity index (χ4v) is 2.73. The molecule has 2 aliphatic rings. The van der Waals surface area contributed by atoms with E-state index in [0.29, 0.717) is 5.06 Å². The van der Waals surface area contributed by atoms with Crippen molar-refractivity contribution in [2.45, 2.75) is 32.1 Å². The van der Waals surface area contributed by atoms with Crippen LogP contribution < -0.4 is 5.32 Å². The van der Waals surface area contributed by atoms with Gasteiger partial charge in [-0.05, 0) is 18.6 Å². The predicted octanol–water partition coefficient (Wildman–Crippen LogP) is -0.762. The molecule has 0 radical (unpaired) electrons. The van der Waals surface area contributed by atoms with Gasteiger partial charge in [-0.1, -0.05) is 0 Å². The maximum atomic E-state index is 11.7. The van der Waals surface area contributed by atoms with Crippen molar-refractivity contribution in [2.24, 2.45) is 5.92 Å². The third kappa shape index (κ3) is 7.48. The zero-order valence-electron chi connectivity index (χ0n) is 16.4. The molecule has 0 saturated carbocycles. The summed E-state index contributed by atoms with van der Waals surface area (Å²) in [5.41, 5.74) is 0. The number of hydrogen-bond acceptors (Lipinski definition) is 9. The number of nitrogens with zero attached hydrogens (tertiary/aromatic N) is 1. The summed E-state index contributed by atoms with van der Waals surface area (Å²) in [7, 11) is 0. The van der Waals surface area contributed by atoms with Crippen molar-refractivity contribution >= 4 is 35.3 Å². The van der Waals surface area contributed by atoms with Crippen molar-refractivity contribution in [3.05, 3.63) is 12.2 Å². The molecule has 0 unspecified atom stereocenters. The first-order valence-electron chi connectivity index (χ1n) is 9.63. The molecule has 0 atom stereocenters. The SMILES string of the molecule is O=C(CCC1C(=O)C=CC1=O)NCCOCCOCCC(=O)ON1C(=O)CCC1=O. The Bertz CT molecular complexity index is 698. The first-order chi connectivity index (χ1) is 14.4. The van der Waals surface area contributed by atoms with E-state index in [1.54, 1.807) is 0 Å². The van der Waals surface area contributed by atoms with Gasteiger partial charge in [0.1, 0.15) is 0 Å². The van der Waals surface area contributed by atoms with E-state index in [1.165, 1.54) is 12.2 Å². The summed E-state index contributed by atoms with van der Waals surface area (Å²) in [6.07, 6.45) is 2.70. The molecule has 0 bridgehead atoms. The van der Waals surface area contributed by atoms with E-state index in [4.69, 9.17) is 9.47 Å². The molecule has 1 saturated heterocycles. The third-order valence-electron chi connectivity index (χ3n) is 4.35. The largest absolute Gasteiger partial charge is 0.378 e. The lowest BCUT2D eigenvalue weighted by atomic mass is 9.99. The minimum atomic E-state index is -0.738. The third-order valence-corrected chi connectivity index (χ3v) is 4.35. The average molecular weight is 424 g/mol. The van der Waals surface area contributed by atoms with Crippen LogP contribution in [0, 0.1) is 5.92 Å². The number of nitrogens with one attached hydrogen (secondary N) is 1. The highest BCUT2D eigenvalue weighted by atomic mass is 16.7. The van der Waals surface area contributed by atoms with E-state index in [9.17, 15) is 28.8 Å². The Hall–Kier alpha value is -2.92. The van der Waals surface area contributed by atoms with E-state index < -0.39 is 23.7 Å². The van der Waals surface area contributed by atoms with Gasteiger partial charge in [-0.15, -0.1) is 5.06 Å². The Kier molecular flexibility index (Phi) is 9.29. The molecule has 11 nitrogen and oxygen atoms in total. The second-order valence-corrected chi connectivity index (χ2v) is 6.60. The summed E-state index contributed by atoms with van der Waals surface area (Å²) in [6.45, 7) is 1.02. The fourth-order valence-electron chi connectivity index (χ4n) is 2.73. The van der Waals surface area contributed by atoms with E-state index in [-0.39, 0.29) is 82.6 Å². The number of allylic oxidation sites excluding steroid dienone is 2.